The van der Waals surface area contributed by atoms with E-state index in [0.717, 1.165) is 40.9 Å². The SMILES string of the molecule is Cc1cccc(-n2nc(C(C)(C)C)c3c2N(CC(=O)NCC2CCCO2)C(=O)CSC3c2cccc(F)c2)c1. The van der Waals surface area contributed by atoms with Gasteiger partial charge in [-0.3, -0.25) is 14.5 Å². The minimum Gasteiger partial charge on any atom is -0.376 e. The molecule has 5 rings (SSSR count). The van der Waals surface area contributed by atoms with E-state index in [4.69, 9.17) is 9.84 Å². The Kier molecular flexibility index (Phi) is 7.82. The van der Waals surface area contributed by atoms with Crippen LogP contribution < -0.4 is 10.2 Å². The van der Waals surface area contributed by atoms with Gasteiger partial charge in [0.25, 0.3) is 0 Å². The number of halogens is 1. The number of nitrogens with zero attached hydrogens (tertiary/aromatic N) is 3. The van der Waals surface area contributed by atoms with Crippen molar-refractivity contribution in [2.45, 2.75) is 57.3 Å². The summed E-state index contributed by atoms with van der Waals surface area (Å²) in [5, 5.41) is 7.69. The molecule has 9 heteroatoms. The van der Waals surface area contributed by atoms with Crippen LogP contribution in [-0.4, -0.2) is 53.1 Å². The molecule has 2 aromatic carbocycles. The zero-order chi connectivity index (χ0) is 27.7. The van der Waals surface area contributed by atoms with E-state index < -0.39 is 0 Å². The topological polar surface area (TPSA) is 76.5 Å². The average Bonchev–Trinajstić information content (AvgIpc) is 3.52. The lowest BCUT2D eigenvalue weighted by atomic mass is 9.87. The summed E-state index contributed by atoms with van der Waals surface area (Å²) in [5.41, 5.74) is 3.85. The second-order valence-electron chi connectivity index (χ2n) is 11.3. The number of hydrogen-bond acceptors (Lipinski definition) is 5. The Morgan fingerprint density at radius 2 is 2.00 bits per heavy atom. The van der Waals surface area contributed by atoms with E-state index in [9.17, 15) is 14.0 Å². The van der Waals surface area contributed by atoms with Crippen molar-refractivity contribution in [3.63, 3.8) is 0 Å². The summed E-state index contributed by atoms with van der Waals surface area (Å²) in [5.74, 6) is -0.0808. The molecule has 0 bridgehead atoms. The van der Waals surface area contributed by atoms with Crippen LogP contribution in [0.2, 0.25) is 0 Å². The number of thioether (sulfide) groups is 1. The van der Waals surface area contributed by atoms with Gasteiger partial charge in [0.2, 0.25) is 11.8 Å². The number of hydrogen-bond donors (Lipinski definition) is 1. The van der Waals surface area contributed by atoms with E-state index >= 15 is 0 Å². The number of carbonyl (C=O) groups is 2. The van der Waals surface area contributed by atoms with E-state index in [1.807, 2.05) is 37.3 Å². The Morgan fingerprint density at radius 3 is 2.69 bits per heavy atom. The molecule has 2 amide bonds. The highest BCUT2D eigenvalue weighted by molar-refractivity contribution is 8.00. The molecule has 1 fully saturated rings. The second-order valence-corrected chi connectivity index (χ2v) is 12.3. The summed E-state index contributed by atoms with van der Waals surface area (Å²) in [6.07, 6.45) is 1.90. The van der Waals surface area contributed by atoms with Crippen molar-refractivity contribution in [2.24, 2.45) is 0 Å². The lowest BCUT2D eigenvalue weighted by molar-refractivity contribution is -0.123. The largest absolute Gasteiger partial charge is 0.376 e. The van der Waals surface area contributed by atoms with Crippen molar-refractivity contribution in [1.82, 2.24) is 15.1 Å². The van der Waals surface area contributed by atoms with Gasteiger partial charge in [0.1, 0.15) is 18.2 Å². The first kappa shape index (κ1) is 27.4. The fraction of sp³-hybridized carbons (Fsp3) is 0.433. The number of aryl methyl sites for hydroxylation is 1. The van der Waals surface area contributed by atoms with Crippen LogP contribution in [0, 0.1) is 12.7 Å². The number of amides is 2. The summed E-state index contributed by atoms with van der Waals surface area (Å²) in [4.78, 5) is 28.5. The first-order chi connectivity index (χ1) is 18.6. The standard InChI is InChI=1S/C30H35FN4O3S/c1-19-8-5-11-22(14-19)35-29-26(28(33-35)30(2,3)4)27(20-9-6-10-21(31)15-20)39-18-25(37)34(29)17-24(36)32-16-23-12-7-13-38-23/h5-6,8-11,14-15,23,27H,7,12-13,16-18H2,1-4H3,(H,32,36). The van der Waals surface area contributed by atoms with Crippen molar-refractivity contribution in [2.75, 3.05) is 30.3 Å². The normalized spacial score (nSPS) is 19.6. The number of nitrogens with one attached hydrogen (secondary N) is 1. The van der Waals surface area contributed by atoms with Gasteiger partial charge in [-0.1, -0.05) is 45.0 Å². The lowest BCUT2D eigenvalue weighted by Gasteiger charge is -2.25. The van der Waals surface area contributed by atoms with Gasteiger partial charge in [-0.25, -0.2) is 9.07 Å². The molecule has 7 nitrogen and oxygen atoms in total. The summed E-state index contributed by atoms with van der Waals surface area (Å²) < 4.78 is 21.8. The molecule has 1 saturated heterocycles. The zero-order valence-corrected chi connectivity index (χ0v) is 23.7. The van der Waals surface area contributed by atoms with Gasteiger partial charge in [0, 0.05) is 24.1 Å². The Balaban J connectivity index is 1.65. The molecule has 1 aromatic heterocycles. The third kappa shape index (κ3) is 5.89. The molecule has 206 valence electrons. The highest BCUT2D eigenvalue weighted by Gasteiger charge is 2.40. The molecule has 3 aromatic rings. The molecule has 3 heterocycles. The minimum absolute atomic E-state index is 0.00238. The Labute approximate surface area is 233 Å². The highest BCUT2D eigenvalue weighted by Crippen LogP contribution is 2.48. The summed E-state index contributed by atoms with van der Waals surface area (Å²) >= 11 is 1.44. The molecule has 2 aliphatic rings. The van der Waals surface area contributed by atoms with E-state index in [-0.39, 0.29) is 46.7 Å². The minimum atomic E-state index is -0.383. The van der Waals surface area contributed by atoms with Crippen LogP contribution in [0.1, 0.15) is 61.2 Å². The van der Waals surface area contributed by atoms with Crippen LogP contribution >= 0.6 is 11.8 Å². The molecule has 39 heavy (non-hydrogen) atoms. The Morgan fingerprint density at radius 1 is 1.21 bits per heavy atom. The van der Waals surface area contributed by atoms with Gasteiger partial charge < -0.3 is 10.1 Å². The Hall–Kier alpha value is -3.17. The van der Waals surface area contributed by atoms with Crippen molar-refractivity contribution >= 4 is 29.4 Å². The van der Waals surface area contributed by atoms with Crippen LogP contribution in [0.5, 0.6) is 0 Å². The predicted molar refractivity (Wildman–Crippen MR) is 152 cm³/mol. The van der Waals surface area contributed by atoms with Crippen LogP contribution in [0.25, 0.3) is 5.69 Å². The molecule has 2 atom stereocenters. The van der Waals surface area contributed by atoms with Gasteiger partial charge in [-0.2, -0.15) is 5.10 Å². The quantitative estimate of drug-likeness (QED) is 0.463. The third-order valence-corrected chi connectivity index (χ3v) is 8.30. The van der Waals surface area contributed by atoms with Gasteiger partial charge in [-0.15, -0.1) is 11.8 Å². The Bertz CT molecular complexity index is 1380. The van der Waals surface area contributed by atoms with Crippen LogP contribution in [0.3, 0.4) is 0 Å². The maximum absolute atomic E-state index is 14.4. The highest BCUT2D eigenvalue weighted by atomic mass is 32.2. The summed E-state index contributed by atoms with van der Waals surface area (Å²) in [6.45, 7) is 9.22. The van der Waals surface area contributed by atoms with Gasteiger partial charge in [0.15, 0.2) is 0 Å². The second kappa shape index (κ2) is 11.1. The monoisotopic (exact) mass is 550 g/mol. The number of aromatic nitrogens is 2. The first-order valence-corrected chi connectivity index (χ1v) is 14.4. The zero-order valence-electron chi connectivity index (χ0n) is 22.9. The number of ether oxygens (including phenoxy) is 1. The number of rotatable bonds is 6. The lowest BCUT2D eigenvalue weighted by Crippen LogP contribution is -2.44. The average molecular weight is 551 g/mol. The van der Waals surface area contributed by atoms with Crippen LogP contribution in [0.15, 0.2) is 48.5 Å². The molecule has 0 saturated carbocycles. The third-order valence-electron chi connectivity index (χ3n) is 7.05. The number of anilines is 1. The number of benzene rings is 2. The van der Waals surface area contributed by atoms with E-state index in [1.165, 1.54) is 23.9 Å². The van der Waals surface area contributed by atoms with Crippen molar-refractivity contribution < 1.29 is 18.7 Å². The van der Waals surface area contributed by atoms with Crippen LogP contribution in [-0.2, 0) is 19.7 Å². The van der Waals surface area contributed by atoms with E-state index in [1.54, 1.807) is 15.6 Å². The fourth-order valence-electron chi connectivity index (χ4n) is 5.18. The molecule has 0 aliphatic carbocycles. The smallest absolute Gasteiger partial charge is 0.240 e. The van der Waals surface area contributed by atoms with Crippen molar-refractivity contribution in [3.8, 4) is 5.69 Å². The van der Waals surface area contributed by atoms with E-state index in [0.29, 0.717) is 19.0 Å². The molecule has 0 spiro atoms. The molecule has 2 aliphatic heterocycles. The molecule has 1 N–H and O–H groups in total. The molecular weight excluding hydrogens is 515 g/mol. The van der Waals surface area contributed by atoms with Gasteiger partial charge in [0.05, 0.1) is 28.5 Å². The summed E-state index contributed by atoms with van der Waals surface area (Å²) in [7, 11) is 0. The molecular formula is C30H35FN4O3S. The molecule has 2 unspecified atom stereocenters. The number of fused-ring (bicyclic) bond motifs is 1. The maximum atomic E-state index is 14.4. The van der Waals surface area contributed by atoms with Crippen molar-refractivity contribution in [1.29, 1.82) is 0 Å². The maximum Gasteiger partial charge on any atom is 0.240 e. The summed E-state index contributed by atoms with van der Waals surface area (Å²) in [6, 6.07) is 14.4. The van der Waals surface area contributed by atoms with E-state index in [2.05, 4.69) is 26.1 Å². The predicted octanol–water partition coefficient (Wildman–Crippen LogP) is 5.08. The van der Waals surface area contributed by atoms with Gasteiger partial charge in [-0.05, 0) is 55.2 Å². The fourth-order valence-corrected chi connectivity index (χ4v) is 6.37. The van der Waals surface area contributed by atoms with Crippen LogP contribution in [0.4, 0.5) is 10.2 Å². The van der Waals surface area contributed by atoms with Crippen molar-refractivity contribution in [3.05, 3.63) is 76.7 Å². The number of carbonyl (C=O) groups excluding carboxylic acids is 2. The first-order valence-electron chi connectivity index (χ1n) is 13.4. The molecule has 0 radical (unpaired) electrons. The van der Waals surface area contributed by atoms with Gasteiger partial charge >= 0.3 is 0 Å².